The summed E-state index contributed by atoms with van der Waals surface area (Å²) < 4.78 is 15.5. The third-order valence-corrected chi connectivity index (χ3v) is 2.55. The van der Waals surface area contributed by atoms with Crippen molar-refractivity contribution in [3.05, 3.63) is 24.0 Å². The molecule has 0 fully saturated rings. The van der Waals surface area contributed by atoms with E-state index < -0.39 is 6.10 Å². The van der Waals surface area contributed by atoms with Gasteiger partial charge in [0.15, 0.2) is 6.79 Å². The molecule has 0 saturated carbocycles. The second-order valence-corrected chi connectivity index (χ2v) is 4.76. The van der Waals surface area contributed by atoms with E-state index in [4.69, 9.17) is 14.2 Å². The van der Waals surface area contributed by atoms with Crippen molar-refractivity contribution < 1.29 is 19.3 Å². The highest BCUT2D eigenvalue weighted by atomic mass is 16.7. The van der Waals surface area contributed by atoms with Gasteiger partial charge in [0, 0.05) is 18.9 Å². The minimum absolute atomic E-state index is 0.148. The maximum Gasteiger partial charge on any atom is 0.189 e. The van der Waals surface area contributed by atoms with E-state index in [0.717, 1.165) is 5.56 Å². The van der Waals surface area contributed by atoms with Crippen LogP contribution in [0.15, 0.2) is 18.5 Å². The molecule has 0 radical (unpaired) electrons. The molecule has 0 spiro atoms. The first-order valence-corrected chi connectivity index (χ1v) is 6.46. The Balaban J connectivity index is 2.43. The maximum absolute atomic E-state index is 10.0. The van der Waals surface area contributed by atoms with Crippen LogP contribution in [-0.2, 0) is 9.47 Å². The summed E-state index contributed by atoms with van der Waals surface area (Å²) in [4.78, 5) is 4.06. The van der Waals surface area contributed by atoms with E-state index in [1.165, 1.54) is 0 Å². The van der Waals surface area contributed by atoms with Gasteiger partial charge in [-0.2, -0.15) is 0 Å². The Morgan fingerprint density at radius 3 is 2.74 bits per heavy atom. The maximum atomic E-state index is 10.0. The number of methoxy groups -OCH3 is 1. The number of aromatic nitrogens is 1. The first kappa shape index (κ1) is 15.9. The number of hydrogen-bond donors (Lipinski definition) is 1. The molecule has 1 rings (SSSR count). The smallest absolute Gasteiger partial charge is 0.189 e. The van der Waals surface area contributed by atoms with Crippen molar-refractivity contribution in [1.82, 2.24) is 4.98 Å². The van der Waals surface area contributed by atoms with E-state index in [2.05, 4.69) is 18.8 Å². The zero-order chi connectivity index (χ0) is 14.1. The van der Waals surface area contributed by atoms with Crippen LogP contribution >= 0.6 is 0 Å². The molecule has 5 nitrogen and oxygen atoms in total. The Morgan fingerprint density at radius 1 is 1.26 bits per heavy atom. The fourth-order valence-corrected chi connectivity index (χ4v) is 1.59. The molecule has 0 amide bonds. The molecule has 1 aromatic rings. The van der Waals surface area contributed by atoms with Crippen molar-refractivity contribution in [2.75, 3.05) is 27.1 Å². The van der Waals surface area contributed by atoms with Gasteiger partial charge >= 0.3 is 0 Å². The number of aliphatic hydroxyl groups is 1. The largest absolute Gasteiger partial charge is 0.466 e. The first-order valence-electron chi connectivity index (χ1n) is 6.46. The van der Waals surface area contributed by atoms with Crippen molar-refractivity contribution >= 4 is 0 Å². The highest BCUT2D eigenvalue weighted by Crippen LogP contribution is 2.23. The Morgan fingerprint density at radius 2 is 2.05 bits per heavy atom. The van der Waals surface area contributed by atoms with Crippen LogP contribution in [0.5, 0.6) is 5.75 Å². The lowest BCUT2D eigenvalue weighted by atomic mass is 10.0. The Labute approximate surface area is 114 Å². The van der Waals surface area contributed by atoms with Gasteiger partial charge in [-0.05, 0) is 18.4 Å². The fraction of sp³-hybridized carbons (Fsp3) is 0.643. The highest BCUT2D eigenvalue weighted by molar-refractivity contribution is 5.25. The summed E-state index contributed by atoms with van der Waals surface area (Å²) >= 11 is 0. The molecule has 5 heteroatoms. The van der Waals surface area contributed by atoms with Crippen molar-refractivity contribution in [2.24, 2.45) is 5.92 Å². The SMILES string of the molecule is COCCOCOc1cncc(C(O)CC(C)C)c1. The number of aliphatic hydroxyl groups excluding tert-OH is 1. The van der Waals surface area contributed by atoms with Gasteiger partial charge in [0.2, 0.25) is 0 Å². The first-order chi connectivity index (χ1) is 9.13. The van der Waals surface area contributed by atoms with Crippen molar-refractivity contribution in [3.63, 3.8) is 0 Å². The summed E-state index contributed by atoms with van der Waals surface area (Å²) in [6, 6.07) is 1.79. The molecule has 1 unspecified atom stereocenters. The average molecular weight is 269 g/mol. The van der Waals surface area contributed by atoms with Crippen LogP contribution in [0.25, 0.3) is 0 Å². The zero-order valence-corrected chi connectivity index (χ0v) is 11.8. The molecule has 19 heavy (non-hydrogen) atoms. The van der Waals surface area contributed by atoms with E-state index in [-0.39, 0.29) is 6.79 Å². The van der Waals surface area contributed by atoms with E-state index in [1.54, 1.807) is 25.6 Å². The Hall–Kier alpha value is -1.17. The number of pyridine rings is 1. The molecule has 1 aromatic heterocycles. The fourth-order valence-electron chi connectivity index (χ4n) is 1.59. The van der Waals surface area contributed by atoms with Crippen LogP contribution in [0.4, 0.5) is 0 Å². The monoisotopic (exact) mass is 269 g/mol. The van der Waals surface area contributed by atoms with Crippen LogP contribution in [0.1, 0.15) is 31.9 Å². The molecule has 0 aliphatic rings. The van der Waals surface area contributed by atoms with Crippen LogP contribution < -0.4 is 4.74 Å². The van der Waals surface area contributed by atoms with Gasteiger partial charge in [-0.15, -0.1) is 0 Å². The van der Waals surface area contributed by atoms with Crippen LogP contribution in [0.2, 0.25) is 0 Å². The lowest BCUT2D eigenvalue weighted by Crippen LogP contribution is -2.08. The van der Waals surface area contributed by atoms with Crippen molar-refractivity contribution in [1.29, 1.82) is 0 Å². The molecular weight excluding hydrogens is 246 g/mol. The molecular formula is C14H23NO4. The second-order valence-electron chi connectivity index (χ2n) is 4.76. The molecule has 108 valence electrons. The second kappa shape index (κ2) is 8.85. The van der Waals surface area contributed by atoms with E-state index >= 15 is 0 Å². The summed E-state index contributed by atoms with van der Waals surface area (Å²) in [5, 5.41) is 10.0. The van der Waals surface area contributed by atoms with Gasteiger partial charge in [-0.1, -0.05) is 13.8 Å². The minimum Gasteiger partial charge on any atom is -0.466 e. The lowest BCUT2D eigenvalue weighted by Gasteiger charge is -2.14. The molecule has 0 aromatic carbocycles. The van der Waals surface area contributed by atoms with Gasteiger partial charge in [-0.3, -0.25) is 4.98 Å². The molecule has 0 aliphatic carbocycles. The quantitative estimate of drug-likeness (QED) is 0.550. The normalized spacial score (nSPS) is 12.7. The van der Waals surface area contributed by atoms with Crippen LogP contribution in [0, 0.1) is 5.92 Å². The summed E-state index contributed by atoms with van der Waals surface area (Å²) in [7, 11) is 1.62. The molecule has 1 heterocycles. The lowest BCUT2D eigenvalue weighted by molar-refractivity contribution is -0.00875. The van der Waals surface area contributed by atoms with E-state index in [0.29, 0.717) is 31.3 Å². The standard InChI is InChI=1S/C14H23NO4/c1-11(2)6-14(16)12-7-13(9-15-8-12)19-10-18-5-4-17-3/h7-9,11,14,16H,4-6,10H2,1-3H3. The summed E-state index contributed by atoms with van der Waals surface area (Å²) in [5.74, 6) is 1.02. The molecule has 1 atom stereocenters. The van der Waals surface area contributed by atoms with Crippen LogP contribution in [0.3, 0.4) is 0 Å². The van der Waals surface area contributed by atoms with Gasteiger partial charge in [0.05, 0.1) is 25.5 Å². The average Bonchev–Trinajstić information content (AvgIpc) is 2.38. The number of nitrogens with zero attached hydrogens (tertiary/aromatic N) is 1. The number of ether oxygens (including phenoxy) is 3. The van der Waals surface area contributed by atoms with Crippen LogP contribution in [-0.4, -0.2) is 37.2 Å². The molecule has 0 aliphatic heterocycles. The summed E-state index contributed by atoms with van der Waals surface area (Å²) in [6.07, 6.45) is 3.46. The minimum atomic E-state index is -0.509. The Bertz CT molecular complexity index is 357. The van der Waals surface area contributed by atoms with E-state index in [9.17, 15) is 5.11 Å². The predicted molar refractivity (Wildman–Crippen MR) is 72.0 cm³/mol. The zero-order valence-electron chi connectivity index (χ0n) is 11.8. The van der Waals surface area contributed by atoms with Crippen molar-refractivity contribution in [2.45, 2.75) is 26.4 Å². The van der Waals surface area contributed by atoms with E-state index in [1.807, 2.05) is 0 Å². The third-order valence-electron chi connectivity index (χ3n) is 2.55. The third kappa shape index (κ3) is 6.52. The topological polar surface area (TPSA) is 60.8 Å². The van der Waals surface area contributed by atoms with Gasteiger partial charge < -0.3 is 19.3 Å². The van der Waals surface area contributed by atoms with Gasteiger partial charge in [0.25, 0.3) is 0 Å². The summed E-state index contributed by atoms with van der Waals surface area (Å²) in [5.41, 5.74) is 0.767. The van der Waals surface area contributed by atoms with Gasteiger partial charge in [0.1, 0.15) is 5.75 Å². The van der Waals surface area contributed by atoms with Crippen molar-refractivity contribution in [3.8, 4) is 5.75 Å². The summed E-state index contributed by atoms with van der Waals surface area (Å²) in [6.45, 7) is 5.31. The molecule has 0 saturated heterocycles. The molecule has 0 bridgehead atoms. The molecule has 1 N–H and O–H groups in total. The Kier molecular flexibility index (Phi) is 7.40. The predicted octanol–water partition coefficient (Wildman–Crippen LogP) is 2.16. The number of hydrogen-bond acceptors (Lipinski definition) is 5. The highest BCUT2D eigenvalue weighted by Gasteiger charge is 2.11. The number of rotatable bonds is 9. The van der Waals surface area contributed by atoms with Gasteiger partial charge in [-0.25, -0.2) is 0 Å².